The Morgan fingerprint density at radius 3 is 2.48 bits per heavy atom. The molecule has 0 atom stereocenters. The van der Waals surface area contributed by atoms with Crippen molar-refractivity contribution in [1.82, 2.24) is 20.1 Å². The molecule has 3 heterocycles. The van der Waals surface area contributed by atoms with E-state index in [1.165, 1.54) is 19.2 Å². The van der Waals surface area contributed by atoms with Crippen LogP contribution in [0.2, 0.25) is 0 Å². The number of hydrogen-bond donors (Lipinski definition) is 1. The summed E-state index contributed by atoms with van der Waals surface area (Å²) in [6, 6.07) is 3.26. The number of piperidine rings is 1. The molecule has 2 fully saturated rings. The van der Waals surface area contributed by atoms with Crippen LogP contribution >= 0.6 is 12.4 Å². The van der Waals surface area contributed by atoms with Gasteiger partial charge in [0.1, 0.15) is 5.69 Å². The van der Waals surface area contributed by atoms with Crippen LogP contribution in [0.15, 0.2) is 18.3 Å². The monoisotopic (exact) mass is 378 g/mol. The lowest BCUT2D eigenvalue weighted by molar-refractivity contribution is -0.141. The second-order valence-corrected chi connectivity index (χ2v) is 6.70. The normalized spacial score (nSPS) is 21.6. The Bertz CT molecular complexity index is 508. The van der Waals surface area contributed by atoms with E-state index in [1.54, 1.807) is 6.07 Å². The van der Waals surface area contributed by atoms with Gasteiger partial charge in [-0.2, -0.15) is 13.2 Å². The van der Waals surface area contributed by atoms with Crippen LogP contribution in [0, 0.1) is 0 Å². The molecule has 0 bridgehead atoms. The highest BCUT2D eigenvalue weighted by Crippen LogP contribution is 2.27. The number of likely N-dealkylation sites (tertiary alicyclic amines) is 1. The fourth-order valence-electron chi connectivity index (χ4n) is 3.62. The van der Waals surface area contributed by atoms with Crippen LogP contribution in [-0.4, -0.2) is 60.1 Å². The summed E-state index contributed by atoms with van der Waals surface area (Å²) in [6.45, 7) is 7.13. The molecule has 2 aliphatic rings. The van der Waals surface area contributed by atoms with Gasteiger partial charge in [0.25, 0.3) is 0 Å². The number of rotatable bonds is 3. The van der Waals surface area contributed by atoms with Crippen LogP contribution in [0.3, 0.4) is 0 Å². The predicted molar refractivity (Wildman–Crippen MR) is 93.8 cm³/mol. The summed E-state index contributed by atoms with van der Waals surface area (Å²) in [5, 5.41) is 3.43. The Kier molecular flexibility index (Phi) is 7.49. The van der Waals surface area contributed by atoms with Crippen molar-refractivity contribution >= 4 is 12.4 Å². The third kappa shape index (κ3) is 5.81. The maximum absolute atomic E-state index is 12.5. The molecule has 0 amide bonds. The van der Waals surface area contributed by atoms with Crippen molar-refractivity contribution in [3.8, 4) is 0 Å². The summed E-state index contributed by atoms with van der Waals surface area (Å²) in [5.41, 5.74) is 0.0279. The lowest BCUT2D eigenvalue weighted by Gasteiger charge is -2.38. The van der Waals surface area contributed by atoms with Gasteiger partial charge in [-0.3, -0.25) is 14.8 Å². The fraction of sp³-hybridized carbons (Fsp3) is 0.706. The SMILES string of the molecule is Cl.FC(F)(F)c1ccc(CN2CCC(N3CCCNCC3)CC2)cn1. The minimum Gasteiger partial charge on any atom is -0.315 e. The van der Waals surface area contributed by atoms with Crippen molar-refractivity contribution in [3.05, 3.63) is 29.6 Å². The first-order valence-electron chi connectivity index (χ1n) is 8.71. The van der Waals surface area contributed by atoms with Gasteiger partial charge in [-0.15, -0.1) is 12.4 Å². The molecule has 0 aromatic carbocycles. The highest BCUT2D eigenvalue weighted by molar-refractivity contribution is 5.85. The maximum atomic E-state index is 12.5. The molecular formula is C17H26ClF3N4. The first-order chi connectivity index (χ1) is 11.5. The minimum absolute atomic E-state index is 0. The van der Waals surface area contributed by atoms with E-state index in [0.717, 1.165) is 57.2 Å². The minimum atomic E-state index is -4.36. The summed E-state index contributed by atoms with van der Waals surface area (Å²) in [6.07, 6.45) is 0.466. The Labute approximate surface area is 153 Å². The Hall–Kier alpha value is -0.890. The van der Waals surface area contributed by atoms with Crippen molar-refractivity contribution in [2.45, 2.75) is 38.0 Å². The Morgan fingerprint density at radius 1 is 1.08 bits per heavy atom. The zero-order valence-electron chi connectivity index (χ0n) is 14.3. The van der Waals surface area contributed by atoms with Gasteiger partial charge < -0.3 is 5.32 Å². The number of aromatic nitrogens is 1. The number of nitrogens with one attached hydrogen (secondary N) is 1. The van der Waals surface area contributed by atoms with E-state index < -0.39 is 11.9 Å². The molecule has 1 N–H and O–H groups in total. The van der Waals surface area contributed by atoms with Gasteiger partial charge in [0, 0.05) is 31.9 Å². The molecule has 1 aromatic heterocycles. The third-order valence-corrected chi connectivity index (χ3v) is 4.97. The number of pyridine rings is 1. The Balaban J connectivity index is 0.00000225. The summed E-state index contributed by atoms with van der Waals surface area (Å²) in [5.74, 6) is 0. The smallest absolute Gasteiger partial charge is 0.315 e. The van der Waals surface area contributed by atoms with Crippen LogP contribution in [-0.2, 0) is 12.7 Å². The van der Waals surface area contributed by atoms with E-state index in [0.29, 0.717) is 12.6 Å². The molecular weight excluding hydrogens is 353 g/mol. The number of nitrogens with zero attached hydrogens (tertiary/aromatic N) is 3. The molecule has 2 aliphatic heterocycles. The van der Waals surface area contributed by atoms with Crippen molar-refractivity contribution in [2.75, 3.05) is 39.3 Å². The lowest BCUT2D eigenvalue weighted by atomic mass is 10.0. The van der Waals surface area contributed by atoms with E-state index in [9.17, 15) is 13.2 Å². The van der Waals surface area contributed by atoms with E-state index in [1.807, 2.05) is 0 Å². The van der Waals surface area contributed by atoms with E-state index in [-0.39, 0.29) is 12.4 Å². The quantitative estimate of drug-likeness (QED) is 0.876. The number of alkyl halides is 3. The average molecular weight is 379 g/mol. The van der Waals surface area contributed by atoms with Gasteiger partial charge in [-0.25, -0.2) is 0 Å². The predicted octanol–water partition coefficient (Wildman–Crippen LogP) is 2.78. The molecule has 2 saturated heterocycles. The van der Waals surface area contributed by atoms with Crippen LogP contribution in [0.5, 0.6) is 0 Å². The molecule has 142 valence electrons. The lowest BCUT2D eigenvalue weighted by Crippen LogP contribution is -2.45. The zero-order valence-corrected chi connectivity index (χ0v) is 15.1. The van der Waals surface area contributed by atoms with Gasteiger partial charge in [-0.05, 0) is 57.1 Å². The Morgan fingerprint density at radius 2 is 1.84 bits per heavy atom. The van der Waals surface area contributed by atoms with Crippen molar-refractivity contribution in [2.24, 2.45) is 0 Å². The maximum Gasteiger partial charge on any atom is 0.433 e. The van der Waals surface area contributed by atoms with Crippen LogP contribution in [0.4, 0.5) is 13.2 Å². The number of hydrogen-bond acceptors (Lipinski definition) is 4. The van der Waals surface area contributed by atoms with Gasteiger partial charge in [-0.1, -0.05) is 6.07 Å². The van der Waals surface area contributed by atoms with Gasteiger partial charge >= 0.3 is 6.18 Å². The second-order valence-electron chi connectivity index (χ2n) is 6.70. The van der Waals surface area contributed by atoms with E-state index in [2.05, 4.69) is 20.1 Å². The molecule has 25 heavy (non-hydrogen) atoms. The first-order valence-corrected chi connectivity index (χ1v) is 8.71. The van der Waals surface area contributed by atoms with Crippen molar-refractivity contribution in [1.29, 1.82) is 0 Å². The molecule has 0 radical (unpaired) electrons. The van der Waals surface area contributed by atoms with E-state index >= 15 is 0 Å². The van der Waals surface area contributed by atoms with Crippen LogP contribution in [0.25, 0.3) is 0 Å². The van der Waals surface area contributed by atoms with E-state index in [4.69, 9.17) is 0 Å². The molecule has 4 nitrogen and oxygen atoms in total. The molecule has 0 unspecified atom stereocenters. The summed E-state index contributed by atoms with van der Waals surface area (Å²) in [4.78, 5) is 8.46. The summed E-state index contributed by atoms with van der Waals surface area (Å²) in [7, 11) is 0. The van der Waals surface area contributed by atoms with Gasteiger partial charge in [0.2, 0.25) is 0 Å². The van der Waals surface area contributed by atoms with Crippen molar-refractivity contribution < 1.29 is 13.2 Å². The zero-order chi connectivity index (χ0) is 17.0. The molecule has 0 aliphatic carbocycles. The molecule has 0 saturated carbocycles. The molecule has 1 aromatic rings. The highest BCUT2D eigenvalue weighted by atomic mass is 35.5. The van der Waals surface area contributed by atoms with Crippen LogP contribution in [0.1, 0.15) is 30.5 Å². The fourth-order valence-corrected chi connectivity index (χ4v) is 3.62. The van der Waals surface area contributed by atoms with Gasteiger partial charge in [0.05, 0.1) is 0 Å². The topological polar surface area (TPSA) is 31.4 Å². The molecule has 8 heteroatoms. The van der Waals surface area contributed by atoms with Gasteiger partial charge in [0.15, 0.2) is 0 Å². The van der Waals surface area contributed by atoms with Crippen LogP contribution < -0.4 is 5.32 Å². The summed E-state index contributed by atoms with van der Waals surface area (Å²) < 4.78 is 37.6. The molecule has 0 spiro atoms. The second kappa shape index (κ2) is 9.16. The standard InChI is InChI=1S/C17H25F3N4.ClH/c18-17(19,20)16-3-2-14(12-22-16)13-23-9-4-15(5-10-23)24-8-1-6-21-7-11-24;/h2-3,12,15,21H,1,4-11,13H2;1H. The average Bonchev–Trinajstić information content (AvgIpc) is 2.85. The number of halogens is 4. The highest BCUT2D eigenvalue weighted by Gasteiger charge is 2.32. The summed E-state index contributed by atoms with van der Waals surface area (Å²) >= 11 is 0. The third-order valence-electron chi connectivity index (χ3n) is 4.97. The molecule has 3 rings (SSSR count). The largest absolute Gasteiger partial charge is 0.433 e. The van der Waals surface area contributed by atoms with Crippen molar-refractivity contribution in [3.63, 3.8) is 0 Å². The first kappa shape index (κ1) is 20.4.